The summed E-state index contributed by atoms with van der Waals surface area (Å²) in [5, 5.41) is 7.12. The van der Waals surface area contributed by atoms with Crippen LogP contribution in [0.4, 0.5) is 5.69 Å². The zero-order chi connectivity index (χ0) is 16.1. The highest BCUT2D eigenvalue weighted by atomic mass is 16.1. The smallest absolute Gasteiger partial charge is 0.224 e. The normalized spacial score (nSPS) is 15.0. The fraction of sp³-hybridized carbons (Fsp3) is 0.444. The summed E-state index contributed by atoms with van der Waals surface area (Å²) in [4.78, 5) is 14.6. The molecule has 0 bridgehead atoms. The zero-order valence-electron chi connectivity index (χ0n) is 13.7. The highest BCUT2D eigenvalue weighted by molar-refractivity contribution is 5.90. The van der Waals surface area contributed by atoms with Crippen molar-refractivity contribution in [2.24, 2.45) is 7.05 Å². The van der Waals surface area contributed by atoms with Crippen LogP contribution >= 0.6 is 0 Å². The molecule has 122 valence electrons. The fourth-order valence-corrected chi connectivity index (χ4v) is 3.03. The predicted octanol–water partition coefficient (Wildman–Crippen LogP) is 2.59. The lowest BCUT2D eigenvalue weighted by molar-refractivity contribution is -0.116. The van der Waals surface area contributed by atoms with Crippen molar-refractivity contribution in [2.45, 2.75) is 32.2 Å². The minimum absolute atomic E-state index is 0.0483. The monoisotopic (exact) mass is 312 g/mol. The number of nitrogens with one attached hydrogen (secondary N) is 1. The topological polar surface area (TPSA) is 50.2 Å². The van der Waals surface area contributed by atoms with Crippen molar-refractivity contribution in [3.05, 3.63) is 47.8 Å². The van der Waals surface area contributed by atoms with Crippen LogP contribution in [0, 0.1) is 0 Å². The second-order valence-electron chi connectivity index (χ2n) is 6.25. The minimum atomic E-state index is 0.0483. The molecule has 1 aliphatic heterocycles. The minimum Gasteiger partial charge on any atom is -0.326 e. The molecule has 1 aliphatic rings. The standard InChI is InChI=1S/C18H24N4O/c1-21-13-16(12-19-21)7-8-18(23)20-17-6-4-5-15(11-17)14-22-9-2-3-10-22/h4-6,11-13H,2-3,7-10,14H2,1H3,(H,20,23). The van der Waals surface area contributed by atoms with E-state index in [1.54, 1.807) is 4.68 Å². The summed E-state index contributed by atoms with van der Waals surface area (Å²) >= 11 is 0. The Hall–Kier alpha value is -2.14. The molecule has 0 radical (unpaired) electrons. The maximum atomic E-state index is 12.1. The SMILES string of the molecule is Cn1cc(CCC(=O)Nc2cccc(CN3CCCC3)c2)cn1. The molecule has 3 rings (SSSR count). The highest BCUT2D eigenvalue weighted by Gasteiger charge is 2.12. The van der Waals surface area contributed by atoms with Crippen LogP contribution in [0.5, 0.6) is 0 Å². The molecule has 1 fully saturated rings. The summed E-state index contributed by atoms with van der Waals surface area (Å²) in [6, 6.07) is 8.18. The summed E-state index contributed by atoms with van der Waals surface area (Å²) in [7, 11) is 1.88. The van der Waals surface area contributed by atoms with Crippen molar-refractivity contribution in [3.63, 3.8) is 0 Å². The molecule has 0 aliphatic carbocycles. The van der Waals surface area contributed by atoms with Crippen LogP contribution in [0.1, 0.15) is 30.4 Å². The van der Waals surface area contributed by atoms with E-state index >= 15 is 0 Å². The van der Waals surface area contributed by atoms with E-state index in [4.69, 9.17) is 0 Å². The van der Waals surface area contributed by atoms with Crippen molar-refractivity contribution < 1.29 is 4.79 Å². The molecule has 0 saturated carbocycles. The highest BCUT2D eigenvalue weighted by Crippen LogP contribution is 2.16. The molecule has 1 saturated heterocycles. The molecule has 2 aromatic rings. The van der Waals surface area contributed by atoms with Gasteiger partial charge in [0.25, 0.3) is 0 Å². The van der Waals surface area contributed by atoms with E-state index in [-0.39, 0.29) is 5.91 Å². The first-order valence-electron chi connectivity index (χ1n) is 8.28. The molecule has 1 aromatic carbocycles. The number of nitrogens with zero attached hydrogens (tertiary/aromatic N) is 3. The maximum Gasteiger partial charge on any atom is 0.224 e. The van der Waals surface area contributed by atoms with Gasteiger partial charge in [-0.05, 0) is 55.6 Å². The summed E-state index contributed by atoms with van der Waals surface area (Å²) in [6.45, 7) is 3.34. The van der Waals surface area contributed by atoms with Gasteiger partial charge in [0.05, 0.1) is 6.20 Å². The van der Waals surface area contributed by atoms with Crippen LogP contribution in [0.2, 0.25) is 0 Å². The van der Waals surface area contributed by atoms with Gasteiger partial charge in [0.15, 0.2) is 0 Å². The quantitative estimate of drug-likeness (QED) is 0.892. The average molecular weight is 312 g/mol. The number of carbonyl (C=O) groups is 1. The lowest BCUT2D eigenvalue weighted by Crippen LogP contribution is -2.18. The Bertz CT molecular complexity index is 659. The lowest BCUT2D eigenvalue weighted by Gasteiger charge is -2.15. The first-order chi connectivity index (χ1) is 11.2. The Labute approximate surface area is 137 Å². The van der Waals surface area contributed by atoms with Crippen LogP contribution in [-0.2, 0) is 24.8 Å². The van der Waals surface area contributed by atoms with Gasteiger partial charge in [-0.25, -0.2) is 0 Å². The molecular formula is C18H24N4O. The molecule has 5 nitrogen and oxygen atoms in total. The summed E-state index contributed by atoms with van der Waals surface area (Å²) < 4.78 is 1.76. The number of anilines is 1. The largest absolute Gasteiger partial charge is 0.326 e. The number of hydrogen-bond acceptors (Lipinski definition) is 3. The molecule has 0 atom stereocenters. The summed E-state index contributed by atoms with van der Waals surface area (Å²) in [5.74, 6) is 0.0483. The van der Waals surface area contributed by atoms with Crippen LogP contribution in [0.15, 0.2) is 36.7 Å². The number of amides is 1. The van der Waals surface area contributed by atoms with Crippen molar-refractivity contribution in [1.82, 2.24) is 14.7 Å². The third-order valence-electron chi connectivity index (χ3n) is 4.21. The van der Waals surface area contributed by atoms with Crippen molar-refractivity contribution in [3.8, 4) is 0 Å². The number of aryl methyl sites for hydroxylation is 2. The third kappa shape index (κ3) is 4.66. The number of rotatable bonds is 6. The Morgan fingerprint density at radius 3 is 2.83 bits per heavy atom. The number of benzene rings is 1. The van der Waals surface area contributed by atoms with E-state index in [0.717, 1.165) is 17.8 Å². The van der Waals surface area contributed by atoms with Gasteiger partial charge in [0.2, 0.25) is 5.91 Å². The first kappa shape index (κ1) is 15.7. The number of likely N-dealkylation sites (tertiary alicyclic amines) is 1. The van der Waals surface area contributed by atoms with Gasteiger partial charge in [-0.3, -0.25) is 14.4 Å². The molecule has 0 spiro atoms. The predicted molar refractivity (Wildman–Crippen MR) is 91.1 cm³/mol. The van der Waals surface area contributed by atoms with E-state index in [1.165, 1.54) is 31.5 Å². The number of hydrogen-bond donors (Lipinski definition) is 1. The van der Waals surface area contributed by atoms with Crippen LogP contribution in [0.3, 0.4) is 0 Å². The molecule has 5 heteroatoms. The van der Waals surface area contributed by atoms with E-state index in [0.29, 0.717) is 12.8 Å². The lowest BCUT2D eigenvalue weighted by atomic mass is 10.1. The summed E-state index contributed by atoms with van der Waals surface area (Å²) in [5.41, 5.74) is 3.24. The Morgan fingerprint density at radius 2 is 2.09 bits per heavy atom. The Morgan fingerprint density at radius 1 is 1.26 bits per heavy atom. The second-order valence-corrected chi connectivity index (χ2v) is 6.25. The fourth-order valence-electron chi connectivity index (χ4n) is 3.03. The zero-order valence-corrected chi connectivity index (χ0v) is 13.7. The molecule has 1 aromatic heterocycles. The second kappa shape index (κ2) is 7.42. The number of aromatic nitrogens is 2. The van der Waals surface area contributed by atoms with Crippen molar-refractivity contribution >= 4 is 11.6 Å². The molecule has 0 unspecified atom stereocenters. The maximum absolute atomic E-state index is 12.1. The van der Waals surface area contributed by atoms with E-state index < -0.39 is 0 Å². The number of carbonyl (C=O) groups excluding carboxylic acids is 1. The van der Waals surface area contributed by atoms with E-state index in [1.807, 2.05) is 31.6 Å². The Kier molecular flexibility index (Phi) is 5.08. The Balaban J connectivity index is 1.51. The van der Waals surface area contributed by atoms with Gasteiger partial charge in [-0.15, -0.1) is 0 Å². The van der Waals surface area contributed by atoms with Gasteiger partial charge >= 0.3 is 0 Å². The van der Waals surface area contributed by atoms with E-state index in [2.05, 4.69) is 27.4 Å². The first-order valence-corrected chi connectivity index (χ1v) is 8.28. The van der Waals surface area contributed by atoms with Crippen LogP contribution < -0.4 is 5.32 Å². The van der Waals surface area contributed by atoms with Crippen LogP contribution in [-0.4, -0.2) is 33.7 Å². The summed E-state index contributed by atoms with van der Waals surface area (Å²) in [6.07, 6.45) is 7.54. The third-order valence-corrected chi connectivity index (χ3v) is 4.21. The van der Waals surface area contributed by atoms with Crippen molar-refractivity contribution in [2.75, 3.05) is 18.4 Å². The van der Waals surface area contributed by atoms with Crippen molar-refractivity contribution in [1.29, 1.82) is 0 Å². The van der Waals surface area contributed by atoms with Crippen LogP contribution in [0.25, 0.3) is 0 Å². The average Bonchev–Trinajstić information content (AvgIpc) is 3.17. The van der Waals surface area contributed by atoms with Gasteiger partial charge in [-0.2, -0.15) is 5.10 Å². The van der Waals surface area contributed by atoms with Gasteiger partial charge in [-0.1, -0.05) is 12.1 Å². The van der Waals surface area contributed by atoms with Gasteiger partial charge in [0.1, 0.15) is 0 Å². The molecule has 2 heterocycles. The molecular weight excluding hydrogens is 288 g/mol. The molecule has 23 heavy (non-hydrogen) atoms. The van der Waals surface area contributed by atoms with Gasteiger partial charge < -0.3 is 5.32 Å². The van der Waals surface area contributed by atoms with Gasteiger partial charge in [0, 0.05) is 31.9 Å². The molecule has 1 amide bonds. The molecule has 1 N–H and O–H groups in total. The van der Waals surface area contributed by atoms with E-state index in [9.17, 15) is 4.79 Å².